The number of hydrogen-bond donors (Lipinski definition) is 2. The number of hydrogen-bond acceptors (Lipinski definition) is 3. The molecule has 0 bridgehead atoms. The van der Waals surface area contributed by atoms with Crippen LogP contribution in [0, 0.1) is 12.7 Å². The summed E-state index contributed by atoms with van der Waals surface area (Å²) in [6.07, 6.45) is 1.16. The molecule has 0 aliphatic carbocycles. The van der Waals surface area contributed by atoms with Gasteiger partial charge in [-0.05, 0) is 30.7 Å². The quantitative estimate of drug-likeness (QED) is 0.901. The number of pyridine rings is 1. The van der Waals surface area contributed by atoms with Crippen molar-refractivity contribution in [3.05, 3.63) is 52.4 Å². The van der Waals surface area contributed by atoms with E-state index >= 15 is 0 Å². The highest BCUT2D eigenvalue weighted by atomic mass is 35.5. The molecule has 19 heavy (non-hydrogen) atoms. The molecule has 1 aromatic heterocycles. The smallest absolute Gasteiger partial charge is 0.337 e. The third-order valence-corrected chi connectivity index (χ3v) is 2.75. The number of aromatic carboxylic acids is 1. The molecule has 0 fully saturated rings. The zero-order chi connectivity index (χ0) is 14.0. The maximum atomic E-state index is 13.6. The number of aryl methyl sites for hydroxylation is 1. The van der Waals surface area contributed by atoms with Crippen LogP contribution < -0.4 is 5.32 Å². The molecule has 0 atom stereocenters. The van der Waals surface area contributed by atoms with Gasteiger partial charge in [-0.3, -0.25) is 0 Å². The fourth-order valence-electron chi connectivity index (χ4n) is 1.50. The summed E-state index contributed by atoms with van der Waals surface area (Å²) in [6, 6.07) is 5.94. The molecule has 6 heteroatoms. The van der Waals surface area contributed by atoms with Crippen molar-refractivity contribution in [1.29, 1.82) is 0 Å². The van der Waals surface area contributed by atoms with Crippen molar-refractivity contribution in [3.8, 4) is 0 Å². The highest BCUT2D eigenvalue weighted by Crippen LogP contribution is 2.25. The monoisotopic (exact) mass is 280 g/mol. The zero-order valence-corrected chi connectivity index (χ0v) is 10.7. The SMILES string of the molecule is Cc1ccc(Nc2ncc(C(=O)O)cc2Cl)c(F)c1. The molecule has 0 aliphatic heterocycles. The number of halogens is 2. The summed E-state index contributed by atoms with van der Waals surface area (Å²) in [5.74, 6) is -1.35. The molecular weight excluding hydrogens is 271 g/mol. The number of benzene rings is 1. The molecule has 0 amide bonds. The Hall–Kier alpha value is -2.14. The van der Waals surface area contributed by atoms with Crippen molar-refractivity contribution >= 4 is 29.1 Å². The standard InChI is InChI=1S/C13H10ClFN2O2/c1-7-2-3-11(10(15)4-7)17-12-9(14)5-8(6-16-12)13(18)19/h2-6H,1H3,(H,16,17)(H,18,19). The maximum Gasteiger partial charge on any atom is 0.337 e. The lowest BCUT2D eigenvalue weighted by atomic mass is 10.2. The summed E-state index contributed by atoms with van der Waals surface area (Å²) >= 11 is 5.90. The van der Waals surface area contributed by atoms with Gasteiger partial charge in [-0.1, -0.05) is 17.7 Å². The lowest BCUT2D eigenvalue weighted by molar-refractivity contribution is 0.0696. The van der Waals surface area contributed by atoms with Gasteiger partial charge in [0.1, 0.15) is 11.6 Å². The van der Waals surface area contributed by atoms with Gasteiger partial charge < -0.3 is 10.4 Å². The van der Waals surface area contributed by atoms with E-state index in [1.165, 1.54) is 12.1 Å². The van der Waals surface area contributed by atoms with E-state index in [2.05, 4.69) is 10.3 Å². The van der Waals surface area contributed by atoms with Crippen molar-refractivity contribution in [2.45, 2.75) is 6.92 Å². The zero-order valence-electron chi connectivity index (χ0n) is 9.95. The Morgan fingerprint density at radius 1 is 1.42 bits per heavy atom. The summed E-state index contributed by atoms with van der Waals surface area (Å²) in [7, 11) is 0. The minimum atomic E-state index is -1.12. The van der Waals surface area contributed by atoms with Crippen LogP contribution in [0.3, 0.4) is 0 Å². The number of nitrogens with zero attached hydrogens (tertiary/aromatic N) is 1. The molecular formula is C13H10ClFN2O2. The first-order chi connectivity index (χ1) is 8.97. The summed E-state index contributed by atoms with van der Waals surface area (Å²) < 4.78 is 13.6. The van der Waals surface area contributed by atoms with Crippen LogP contribution >= 0.6 is 11.6 Å². The fourth-order valence-corrected chi connectivity index (χ4v) is 1.71. The van der Waals surface area contributed by atoms with Gasteiger partial charge in [0, 0.05) is 6.20 Å². The van der Waals surface area contributed by atoms with Gasteiger partial charge in [0.05, 0.1) is 16.3 Å². The highest BCUT2D eigenvalue weighted by Gasteiger charge is 2.10. The topological polar surface area (TPSA) is 62.2 Å². The summed E-state index contributed by atoms with van der Waals surface area (Å²) in [4.78, 5) is 14.6. The third-order valence-electron chi connectivity index (χ3n) is 2.47. The van der Waals surface area contributed by atoms with Crippen LogP contribution in [-0.2, 0) is 0 Å². The fraction of sp³-hybridized carbons (Fsp3) is 0.0769. The second-order valence-corrected chi connectivity index (χ2v) is 4.38. The van der Waals surface area contributed by atoms with Crippen LogP contribution in [-0.4, -0.2) is 16.1 Å². The van der Waals surface area contributed by atoms with Crippen LogP contribution in [0.5, 0.6) is 0 Å². The van der Waals surface area contributed by atoms with E-state index < -0.39 is 11.8 Å². The molecule has 0 saturated carbocycles. The van der Waals surface area contributed by atoms with Crippen molar-refractivity contribution in [2.24, 2.45) is 0 Å². The number of aromatic nitrogens is 1. The molecule has 98 valence electrons. The minimum Gasteiger partial charge on any atom is -0.478 e. The summed E-state index contributed by atoms with van der Waals surface area (Å²) in [5.41, 5.74) is 0.992. The first-order valence-electron chi connectivity index (χ1n) is 5.39. The van der Waals surface area contributed by atoms with E-state index in [1.807, 2.05) is 0 Å². The average molecular weight is 281 g/mol. The van der Waals surface area contributed by atoms with Crippen LogP contribution in [0.2, 0.25) is 5.02 Å². The predicted molar refractivity (Wildman–Crippen MR) is 70.6 cm³/mol. The molecule has 2 N–H and O–H groups in total. The minimum absolute atomic E-state index is 0.0278. The van der Waals surface area contributed by atoms with E-state index in [1.54, 1.807) is 19.1 Å². The largest absolute Gasteiger partial charge is 0.478 e. The number of anilines is 2. The Bertz CT molecular complexity index is 647. The lowest BCUT2D eigenvalue weighted by Crippen LogP contribution is -2.01. The molecule has 2 rings (SSSR count). The van der Waals surface area contributed by atoms with E-state index in [-0.39, 0.29) is 22.1 Å². The van der Waals surface area contributed by atoms with Gasteiger partial charge in [-0.25, -0.2) is 14.2 Å². The number of carbonyl (C=O) groups is 1. The lowest BCUT2D eigenvalue weighted by Gasteiger charge is -2.09. The second kappa shape index (κ2) is 5.24. The number of carboxylic acids is 1. The van der Waals surface area contributed by atoms with E-state index in [0.29, 0.717) is 0 Å². The highest BCUT2D eigenvalue weighted by molar-refractivity contribution is 6.33. The Morgan fingerprint density at radius 3 is 2.74 bits per heavy atom. The van der Waals surface area contributed by atoms with Crippen LogP contribution in [0.15, 0.2) is 30.5 Å². The van der Waals surface area contributed by atoms with Gasteiger partial charge in [-0.15, -0.1) is 0 Å². The second-order valence-electron chi connectivity index (χ2n) is 3.97. The Balaban J connectivity index is 2.31. The van der Waals surface area contributed by atoms with Crippen LogP contribution in [0.25, 0.3) is 0 Å². The van der Waals surface area contributed by atoms with Crippen molar-refractivity contribution in [2.75, 3.05) is 5.32 Å². The van der Waals surface area contributed by atoms with Gasteiger partial charge >= 0.3 is 5.97 Å². The van der Waals surface area contributed by atoms with Crippen molar-refractivity contribution in [3.63, 3.8) is 0 Å². The van der Waals surface area contributed by atoms with E-state index in [0.717, 1.165) is 11.8 Å². The first-order valence-corrected chi connectivity index (χ1v) is 5.77. The van der Waals surface area contributed by atoms with Gasteiger partial charge in [0.15, 0.2) is 0 Å². The molecule has 0 saturated heterocycles. The molecule has 4 nitrogen and oxygen atoms in total. The van der Waals surface area contributed by atoms with Crippen molar-refractivity contribution < 1.29 is 14.3 Å². The Morgan fingerprint density at radius 2 is 2.16 bits per heavy atom. The molecule has 0 aliphatic rings. The van der Waals surface area contributed by atoms with Gasteiger partial charge in [0.2, 0.25) is 0 Å². The third kappa shape index (κ3) is 3.00. The predicted octanol–water partition coefficient (Wildman–Crippen LogP) is 3.62. The molecule has 0 radical (unpaired) electrons. The first kappa shape index (κ1) is 13.3. The summed E-state index contributed by atoms with van der Waals surface area (Å²) in [5, 5.41) is 11.6. The number of nitrogens with one attached hydrogen (secondary N) is 1. The average Bonchev–Trinajstić information content (AvgIpc) is 2.34. The van der Waals surface area contributed by atoms with Crippen LogP contribution in [0.4, 0.5) is 15.9 Å². The normalized spacial score (nSPS) is 10.3. The van der Waals surface area contributed by atoms with E-state index in [4.69, 9.17) is 16.7 Å². The number of carboxylic acid groups (broad SMARTS) is 1. The molecule has 0 unspecified atom stereocenters. The molecule has 2 aromatic rings. The van der Waals surface area contributed by atoms with E-state index in [9.17, 15) is 9.18 Å². The maximum absolute atomic E-state index is 13.6. The Labute approximate surface area is 113 Å². The molecule has 1 heterocycles. The van der Waals surface area contributed by atoms with Crippen molar-refractivity contribution in [1.82, 2.24) is 4.98 Å². The van der Waals surface area contributed by atoms with Gasteiger partial charge in [-0.2, -0.15) is 0 Å². The molecule has 1 aromatic carbocycles. The van der Waals surface area contributed by atoms with Gasteiger partial charge in [0.25, 0.3) is 0 Å². The number of rotatable bonds is 3. The molecule has 0 spiro atoms. The Kier molecular flexibility index (Phi) is 3.66. The van der Waals surface area contributed by atoms with Crippen LogP contribution in [0.1, 0.15) is 15.9 Å². The summed E-state index contributed by atoms with van der Waals surface area (Å²) in [6.45, 7) is 1.78.